The highest BCUT2D eigenvalue weighted by Crippen LogP contribution is 2.39. The summed E-state index contributed by atoms with van der Waals surface area (Å²) in [7, 11) is 0. The van der Waals surface area contributed by atoms with Crippen molar-refractivity contribution in [2.75, 3.05) is 6.54 Å². The first-order chi connectivity index (χ1) is 22.1. The molecule has 2 aromatic carbocycles. The number of carboxylic acid groups (broad SMARTS) is 1. The van der Waals surface area contributed by atoms with E-state index in [0.717, 1.165) is 30.2 Å². The molecular weight excluding hydrogens is 586 g/mol. The van der Waals surface area contributed by atoms with Crippen LogP contribution in [-0.4, -0.2) is 63.8 Å². The number of nitrogens with one attached hydrogen (secondary N) is 1. The van der Waals surface area contributed by atoms with Crippen LogP contribution < -0.4 is 14.8 Å². The summed E-state index contributed by atoms with van der Waals surface area (Å²) in [5, 5.41) is 13.7. The highest BCUT2D eigenvalue weighted by Gasteiger charge is 2.47. The van der Waals surface area contributed by atoms with Crippen LogP contribution in [0.3, 0.4) is 0 Å². The van der Waals surface area contributed by atoms with Crippen molar-refractivity contribution in [1.82, 2.24) is 15.2 Å². The first-order valence-corrected chi connectivity index (χ1v) is 15.8. The Labute approximate surface area is 268 Å². The molecule has 240 valence electrons. The van der Waals surface area contributed by atoms with Crippen LogP contribution in [0.5, 0.6) is 11.6 Å². The van der Waals surface area contributed by atoms with Crippen molar-refractivity contribution >= 4 is 28.9 Å². The van der Waals surface area contributed by atoms with E-state index < -0.39 is 41.6 Å². The zero-order valence-electron chi connectivity index (χ0n) is 26.3. The van der Waals surface area contributed by atoms with Gasteiger partial charge in [0.2, 0.25) is 11.8 Å². The van der Waals surface area contributed by atoms with E-state index in [2.05, 4.69) is 17.2 Å². The number of aliphatic carboxylic acids is 1. The minimum atomic E-state index is -1.15. The van der Waals surface area contributed by atoms with Gasteiger partial charge in [0.25, 0.3) is 0 Å². The lowest BCUT2D eigenvalue weighted by Gasteiger charge is -2.34. The van der Waals surface area contributed by atoms with E-state index in [-0.39, 0.29) is 30.9 Å². The Kier molecular flexibility index (Phi) is 8.76. The number of amides is 2. The van der Waals surface area contributed by atoms with Crippen molar-refractivity contribution in [1.29, 1.82) is 0 Å². The summed E-state index contributed by atoms with van der Waals surface area (Å²) in [4.78, 5) is 45.4. The lowest BCUT2D eigenvalue weighted by Crippen LogP contribution is -2.57. The summed E-state index contributed by atoms with van der Waals surface area (Å²) in [5.41, 5.74) is 1.40. The third kappa shape index (κ3) is 6.89. The molecule has 0 radical (unpaired) electrons. The molecule has 5 atom stereocenters. The third-order valence-corrected chi connectivity index (χ3v) is 8.73. The molecule has 2 amide bonds. The van der Waals surface area contributed by atoms with Gasteiger partial charge >= 0.3 is 12.1 Å². The molecular formula is C36H39N3O7. The van der Waals surface area contributed by atoms with E-state index in [4.69, 9.17) is 19.2 Å². The number of benzene rings is 2. The van der Waals surface area contributed by atoms with Crippen LogP contribution >= 0.6 is 0 Å². The van der Waals surface area contributed by atoms with Gasteiger partial charge in [-0.25, -0.2) is 14.6 Å². The minimum absolute atomic E-state index is 0.00854. The number of ether oxygens (including phenoxy) is 3. The molecule has 46 heavy (non-hydrogen) atoms. The van der Waals surface area contributed by atoms with Gasteiger partial charge in [-0.15, -0.1) is 0 Å². The number of rotatable bonds is 4. The number of aromatic nitrogens is 1. The van der Waals surface area contributed by atoms with Crippen molar-refractivity contribution < 1.29 is 33.7 Å². The van der Waals surface area contributed by atoms with Gasteiger partial charge in [-0.05, 0) is 48.3 Å². The van der Waals surface area contributed by atoms with E-state index >= 15 is 0 Å². The molecule has 0 unspecified atom stereocenters. The van der Waals surface area contributed by atoms with E-state index in [0.29, 0.717) is 29.9 Å². The Morgan fingerprint density at radius 2 is 1.85 bits per heavy atom. The van der Waals surface area contributed by atoms with Crippen molar-refractivity contribution in [3.05, 3.63) is 65.7 Å². The van der Waals surface area contributed by atoms with Crippen molar-refractivity contribution in [3.63, 3.8) is 0 Å². The lowest BCUT2D eigenvalue weighted by molar-refractivity contribution is -0.150. The number of para-hydroxylation sites is 1. The maximum absolute atomic E-state index is 14.0. The largest absolute Gasteiger partial charge is 0.487 e. The second-order valence-corrected chi connectivity index (χ2v) is 13.3. The molecule has 2 N–H and O–H groups in total. The summed E-state index contributed by atoms with van der Waals surface area (Å²) < 4.78 is 18.5. The molecule has 1 saturated carbocycles. The van der Waals surface area contributed by atoms with Crippen molar-refractivity contribution in [2.45, 2.75) is 83.8 Å². The van der Waals surface area contributed by atoms with Crippen LogP contribution in [-0.2, 0) is 20.9 Å². The van der Waals surface area contributed by atoms with Gasteiger partial charge in [0.1, 0.15) is 42.2 Å². The second kappa shape index (κ2) is 12.9. The standard InChI is InChI=1S/C36H39N3O7/c1-36(2,3)31-33(40)39-20-24(19-28(39)34(41)42)45-32-26(16-9-5-8-14-23-18-29(23)46-35(43)38-31)30(25-15-10-11-17-27(25)37-32)44-21-22-12-6-4-7-13-22/h4,6-7,10-13,15,17,23-24,28-29,31H,5,8,14,18-21H2,1-3H3,(H,38,43)(H,41,42)/t23-,24-,28+,29-,31-/m1/s1. The molecule has 3 aromatic rings. The number of alkyl carbamates (subject to hydrolysis) is 1. The van der Waals surface area contributed by atoms with Gasteiger partial charge in [0.15, 0.2) is 0 Å². The number of hydrogen-bond acceptors (Lipinski definition) is 7. The van der Waals surface area contributed by atoms with Gasteiger partial charge in [-0.3, -0.25) is 4.79 Å². The number of carbonyl (C=O) groups excluding carboxylic acids is 2. The van der Waals surface area contributed by atoms with E-state index in [1.54, 1.807) is 0 Å². The quantitative estimate of drug-likeness (QED) is 0.374. The summed E-state index contributed by atoms with van der Waals surface area (Å²) in [6.07, 6.45) is 1.49. The predicted molar refractivity (Wildman–Crippen MR) is 170 cm³/mol. The first-order valence-electron chi connectivity index (χ1n) is 15.8. The van der Waals surface area contributed by atoms with Gasteiger partial charge < -0.3 is 29.5 Å². The second-order valence-electron chi connectivity index (χ2n) is 13.3. The number of carbonyl (C=O) groups is 3. The molecule has 2 aliphatic heterocycles. The van der Waals surface area contributed by atoms with Gasteiger partial charge in [0.05, 0.1) is 12.1 Å². The SMILES string of the molecule is CC(C)(C)[C@@H]1NC(=O)O[C@@H]2C[C@H]2CCCC#Cc2c(nc3ccccc3c2OCc2ccccc2)O[C@@H]2C[C@@H](C(=O)O)N(C2)C1=O. The fourth-order valence-corrected chi connectivity index (χ4v) is 6.13. The smallest absolute Gasteiger partial charge is 0.408 e. The maximum Gasteiger partial charge on any atom is 0.408 e. The molecule has 2 bridgehead atoms. The summed E-state index contributed by atoms with van der Waals surface area (Å²) in [6.45, 7) is 5.76. The van der Waals surface area contributed by atoms with Crippen molar-refractivity contribution in [3.8, 4) is 23.5 Å². The zero-order valence-corrected chi connectivity index (χ0v) is 26.3. The lowest BCUT2D eigenvalue weighted by atomic mass is 9.85. The summed E-state index contributed by atoms with van der Waals surface area (Å²) >= 11 is 0. The molecule has 1 aromatic heterocycles. The zero-order chi connectivity index (χ0) is 32.4. The molecule has 6 rings (SSSR count). The number of hydrogen-bond donors (Lipinski definition) is 2. The molecule has 1 saturated heterocycles. The van der Waals surface area contributed by atoms with Crippen LogP contribution in [0.1, 0.15) is 64.0 Å². The number of fused-ring (bicyclic) bond motifs is 5. The third-order valence-electron chi connectivity index (χ3n) is 8.73. The topological polar surface area (TPSA) is 127 Å². The molecule has 10 nitrogen and oxygen atoms in total. The molecule has 0 spiro atoms. The van der Waals surface area contributed by atoms with E-state index in [1.165, 1.54) is 4.90 Å². The Bertz CT molecular complexity index is 1690. The van der Waals surface area contributed by atoms with Gasteiger partial charge in [-0.1, -0.05) is 75.1 Å². The van der Waals surface area contributed by atoms with Crippen LogP contribution in [0.25, 0.3) is 10.9 Å². The fourth-order valence-electron chi connectivity index (χ4n) is 6.13. The van der Waals surface area contributed by atoms with Gasteiger partial charge in [-0.2, -0.15) is 0 Å². The maximum atomic E-state index is 14.0. The average Bonchev–Trinajstić information content (AvgIpc) is 3.61. The number of carboxylic acids is 1. The molecule has 1 aliphatic carbocycles. The number of pyridine rings is 1. The Morgan fingerprint density at radius 3 is 2.61 bits per heavy atom. The highest BCUT2D eigenvalue weighted by atomic mass is 16.6. The monoisotopic (exact) mass is 625 g/mol. The fraction of sp³-hybridized carbons (Fsp3) is 0.444. The molecule has 3 heterocycles. The highest BCUT2D eigenvalue weighted by molar-refractivity contribution is 5.91. The number of nitrogens with zero attached hydrogens (tertiary/aromatic N) is 2. The minimum Gasteiger partial charge on any atom is -0.487 e. The first kappa shape index (κ1) is 31.2. The summed E-state index contributed by atoms with van der Waals surface area (Å²) in [6, 6.07) is 15.3. The predicted octanol–water partition coefficient (Wildman–Crippen LogP) is 5.31. The Hall–Kier alpha value is -4.78. The summed E-state index contributed by atoms with van der Waals surface area (Å²) in [5.74, 6) is 5.89. The average molecular weight is 626 g/mol. The van der Waals surface area contributed by atoms with Crippen LogP contribution in [0.4, 0.5) is 4.79 Å². The van der Waals surface area contributed by atoms with Gasteiger partial charge in [0, 0.05) is 18.2 Å². The normalized spacial score (nSPS) is 24.9. The van der Waals surface area contributed by atoms with E-state index in [1.807, 2.05) is 75.4 Å². The van der Waals surface area contributed by atoms with Crippen LogP contribution in [0.2, 0.25) is 0 Å². The Balaban J connectivity index is 1.40. The van der Waals surface area contributed by atoms with Crippen LogP contribution in [0, 0.1) is 23.2 Å². The van der Waals surface area contributed by atoms with Crippen molar-refractivity contribution in [2.24, 2.45) is 11.3 Å². The molecule has 10 heteroatoms. The molecule has 3 aliphatic rings. The molecule has 2 fully saturated rings. The van der Waals surface area contributed by atoms with Crippen LogP contribution in [0.15, 0.2) is 54.6 Å². The van der Waals surface area contributed by atoms with E-state index in [9.17, 15) is 19.5 Å². The Morgan fingerprint density at radius 1 is 1.09 bits per heavy atom.